The first-order valence-electron chi connectivity index (χ1n) is 7.15. The first kappa shape index (κ1) is 14.6. The molecule has 1 aliphatic carbocycles. The van der Waals surface area contributed by atoms with Crippen molar-refractivity contribution < 1.29 is 18.0 Å². The first-order valence-corrected chi connectivity index (χ1v) is 7.15. The van der Waals surface area contributed by atoms with Crippen LogP contribution >= 0.6 is 0 Å². The van der Waals surface area contributed by atoms with Crippen molar-refractivity contribution >= 4 is 22.4 Å². The fourth-order valence-corrected chi connectivity index (χ4v) is 2.95. The van der Waals surface area contributed by atoms with Crippen LogP contribution in [0.25, 0.3) is 10.8 Å². The number of pyridine rings is 1. The fourth-order valence-electron chi connectivity index (χ4n) is 2.95. The quantitative estimate of drug-likeness (QED) is 0.570. The average molecular weight is 329 g/mol. The molecule has 1 aromatic heterocycles. The number of aromatic nitrogens is 1. The van der Waals surface area contributed by atoms with Gasteiger partial charge in [0.25, 0.3) is 0 Å². The maximum atomic E-state index is 13.7. The van der Waals surface area contributed by atoms with Crippen LogP contribution in [0.5, 0.6) is 0 Å². The molecule has 1 heterocycles. The van der Waals surface area contributed by atoms with Crippen LogP contribution in [0.3, 0.4) is 0 Å². The normalized spacial score (nSPS) is 16.0. The number of hydrogen-bond donors (Lipinski definition) is 2. The van der Waals surface area contributed by atoms with E-state index in [1.165, 1.54) is 0 Å². The number of nitrogens with one attached hydrogen (secondary N) is 2. The van der Waals surface area contributed by atoms with Crippen LogP contribution in [-0.4, -0.2) is 10.8 Å². The van der Waals surface area contributed by atoms with E-state index in [9.17, 15) is 18.0 Å². The van der Waals surface area contributed by atoms with Crippen molar-refractivity contribution in [2.45, 2.75) is 6.04 Å². The monoisotopic (exact) mass is 329 g/mol. The van der Waals surface area contributed by atoms with Gasteiger partial charge >= 0.3 is 0 Å². The summed E-state index contributed by atoms with van der Waals surface area (Å²) in [5.74, 6) is -4.73. The summed E-state index contributed by atoms with van der Waals surface area (Å²) >= 11 is 0. The lowest BCUT2D eigenvalue weighted by molar-refractivity contribution is 0.0956. The van der Waals surface area contributed by atoms with Crippen LogP contribution in [0.15, 0.2) is 42.5 Å². The molecule has 0 aliphatic heterocycles. The van der Waals surface area contributed by atoms with Crippen molar-refractivity contribution in [1.82, 2.24) is 10.4 Å². The molecule has 0 bridgehead atoms. The predicted molar refractivity (Wildman–Crippen MR) is 81.9 cm³/mol. The number of hydrazine groups is 1. The maximum Gasteiger partial charge on any atom is 0.217 e. The molecule has 2 N–H and O–H groups in total. The van der Waals surface area contributed by atoms with E-state index in [1.807, 2.05) is 12.1 Å². The molecule has 0 fully saturated rings. The molecule has 7 heteroatoms. The highest BCUT2D eigenvalue weighted by Crippen LogP contribution is 2.36. The summed E-state index contributed by atoms with van der Waals surface area (Å²) in [5.41, 5.74) is 6.17. The minimum absolute atomic E-state index is 0.216. The summed E-state index contributed by atoms with van der Waals surface area (Å²) in [4.78, 5) is 15.8. The number of benzene rings is 2. The largest absolute Gasteiger partial charge is 0.302 e. The van der Waals surface area contributed by atoms with E-state index < -0.39 is 29.4 Å². The molecule has 1 unspecified atom stereocenters. The van der Waals surface area contributed by atoms with Gasteiger partial charge in [0.05, 0.1) is 0 Å². The molecule has 4 rings (SSSR count). The van der Waals surface area contributed by atoms with Gasteiger partial charge in [-0.15, -0.1) is 0 Å². The first-order chi connectivity index (χ1) is 11.6. The Labute approximate surface area is 134 Å². The number of hydrogen-bond acceptors (Lipinski definition) is 4. The van der Waals surface area contributed by atoms with Crippen LogP contribution in [0.2, 0.25) is 0 Å². The second-order valence-electron chi connectivity index (χ2n) is 5.41. The molecule has 1 atom stereocenters. The zero-order chi connectivity index (χ0) is 16.8. The summed E-state index contributed by atoms with van der Waals surface area (Å²) in [6, 6.07) is 10.4. The van der Waals surface area contributed by atoms with E-state index in [2.05, 4.69) is 15.8 Å². The molecule has 120 valence electrons. The zero-order valence-electron chi connectivity index (χ0n) is 12.1. The zero-order valence-corrected chi connectivity index (χ0v) is 12.1. The third kappa shape index (κ3) is 2.13. The molecule has 0 saturated carbocycles. The van der Waals surface area contributed by atoms with E-state index in [1.54, 1.807) is 24.3 Å². The van der Waals surface area contributed by atoms with Crippen LogP contribution in [0, 0.1) is 17.6 Å². The Kier molecular flexibility index (Phi) is 3.24. The number of rotatable bonds is 3. The highest BCUT2D eigenvalue weighted by atomic mass is 19.2. The third-order valence-corrected chi connectivity index (χ3v) is 3.99. The number of anilines is 1. The number of nitrogens with zero attached hydrogens (tertiary/aromatic N) is 1. The summed E-state index contributed by atoms with van der Waals surface area (Å²) in [7, 11) is 0. The topological polar surface area (TPSA) is 54.0 Å². The number of halogens is 3. The fraction of sp³-hybridized carbons (Fsp3) is 0.0588. The Balaban J connectivity index is 1.68. The van der Waals surface area contributed by atoms with E-state index in [-0.39, 0.29) is 5.78 Å². The molecule has 0 amide bonds. The molecule has 4 nitrogen and oxygen atoms in total. The summed E-state index contributed by atoms with van der Waals surface area (Å²) in [6.07, 6.45) is 0. The van der Waals surface area contributed by atoms with Crippen LogP contribution in [0.1, 0.15) is 22.0 Å². The van der Waals surface area contributed by atoms with Crippen molar-refractivity contribution in [3.05, 3.63) is 71.2 Å². The number of carbonyl (C=O) groups excluding carboxylic acids is 1. The minimum Gasteiger partial charge on any atom is -0.302 e. The second-order valence-corrected chi connectivity index (χ2v) is 5.41. The van der Waals surface area contributed by atoms with Gasteiger partial charge in [0, 0.05) is 11.6 Å². The van der Waals surface area contributed by atoms with Crippen molar-refractivity contribution in [3.63, 3.8) is 0 Å². The lowest BCUT2D eigenvalue weighted by Crippen LogP contribution is -2.31. The molecule has 2 aromatic carbocycles. The molecule has 0 saturated heterocycles. The van der Waals surface area contributed by atoms with E-state index >= 15 is 0 Å². The average Bonchev–Trinajstić information content (AvgIpc) is 2.84. The van der Waals surface area contributed by atoms with Crippen molar-refractivity contribution in [1.29, 1.82) is 0 Å². The second kappa shape index (κ2) is 5.31. The van der Waals surface area contributed by atoms with Crippen LogP contribution in [0.4, 0.5) is 19.0 Å². The van der Waals surface area contributed by atoms with Crippen LogP contribution < -0.4 is 10.9 Å². The van der Waals surface area contributed by atoms with E-state index in [0.29, 0.717) is 17.2 Å². The van der Waals surface area contributed by atoms with Gasteiger partial charge in [0.2, 0.25) is 11.8 Å². The van der Waals surface area contributed by atoms with Crippen molar-refractivity contribution in [3.8, 4) is 0 Å². The Hall–Kier alpha value is -2.93. The number of Topliss-reactive ketones (excluding diaryl/α,β-unsaturated/α-hetero) is 1. The highest BCUT2D eigenvalue weighted by Gasteiger charge is 2.32. The Morgan fingerprint density at radius 3 is 2.58 bits per heavy atom. The molecule has 0 radical (unpaired) electrons. The maximum absolute atomic E-state index is 13.7. The highest BCUT2D eigenvalue weighted by molar-refractivity contribution is 6.17. The summed E-state index contributed by atoms with van der Waals surface area (Å²) in [5, 5.41) is 1.71. The molecule has 1 aliphatic rings. The van der Waals surface area contributed by atoms with E-state index in [0.717, 1.165) is 10.8 Å². The van der Waals surface area contributed by atoms with Gasteiger partial charge in [-0.1, -0.05) is 36.4 Å². The standard InChI is InChI=1S/C17H10F3N3O/c18-11-7-12(19)21-17(14(11)20)23-22-15-9-5-1-3-8-4-2-6-10(13(8)9)16(15)24/h1-7,15,22H,(H,21,23). The van der Waals surface area contributed by atoms with Gasteiger partial charge in [-0.25, -0.2) is 9.82 Å². The van der Waals surface area contributed by atoms with Crippen molar-refractivity contribution in [2.24, 2.45) is 0 Å². The lowest BCUT2D eigenvalue weighted by atomic mass is 10.1. The predicted octanol–water partition coefficient (Wildman–Crippen LogP) is 3.51. The van der Waals surface area contributed by atoms with Gasteiger partial charge in [-0.2, -0.15) is 13.8 Å². The van der Waals surface area contributed by atoms with E-state index in [4.69, 9.17) is 0 Å². The molecule has 0 spiro atoms. The van der Waals surface area contributed by atoms with Gasteiger partial charge in [0.1, 0.15) is 6.04 Å². The smallest absolute Gasteiger partial charge is 0.217 e. The lowest BCUT2D eigenvalue weighted by Gasteiger charge is -2.15. The van der Waals surface area contributed by atoms with Crippen LogP contribution in [-0.2, 0) is 0 Å². The number of ketones is 1. The number of carbonyl (C=O) groups is 1. The summed E-state index contributed by atoms with van der Waals surface area (Å²) in [6.45, 7) is 0. The molecule has 3 aromatic rings. The Morgan fingerprint density at radius 1 is 1.04 bits per heavy atom. The Bertz CT molecular complexity index is 985. The molecular formula is C17H10F3N3O. The molecular weight excluding hydrogens is 319 g/mol. The van der Waals surface area contributed by atoms with Gasteiger partial charge in [-0.3, -0.25) is 4.79 Å². The summed E-state index contributed by atoms with van der Waals surface area (Å²) < 4.78 is 40.0. The van der Waals surface area contributed by atoms with Crippen molar-refractivity contribution in [2.75, 3.05) is 5.43 Å². The third-order valence-electron chi connectivity index (χ3n) is 3.99. The van der Waals surface area contributed by atoms with Gasteiger partial charge in [-0.05, 0) is 16.3 Å². The van der Waals surface area contributed by atoms with Gasteiger partial charge in [0.15, 0.2) is 17.4 Å². The Morgan fingerprint density at radius 2 is 1.79 bits per heavy atom. The van der Waals surface area contributed by atoms with Gasteiger partial charge < -0.3 is 5.43 Å². The SMILES string of the molecule is O=C1c2cccc3cccc(c23)C1NNc1nc(F)cc(F)c1F. The molecule has 24 heavy (non-hydrogen) atoms. The minimum atomic E-state index is -1.37.